The summed E-state index contributed by atoms with van der Waals surface area (Å²) < 4.78 is 21.1. The third-order valence-electron chi connectivity index (χ3n) is 4.35. The maximum atomic E-state index is 12.6. The average molecular weight is 442 g/mol. The van der Waals surface area contributed by atoms with E-state index in [4.69, 9.17) is 18.9 Å². The molecule has 0 fully saturated rings. The van der Waals surface area contributed by atoms with Gasteiger partial charge in [-0.1, -0.05) is 23.9 Å². The summed E-state index contributed by atoms with van der Waals surface area (Å²) in [4.78, 5) is 17.6. The fraction of sp³-hybridized carbons (Fsp3) is 0.217. The molecule has 0 radical (unpaired) electrons. The van der Waals surface area contributed by atoms with Gasteiger partial charge in [0.1, 0.15) is 39.3 Å². The first-order chi connectivity index (χ1) is 15.0. The number of aliphatic imine (C=N–C) groups is 1. The first kappa shape index (κ1) is 22.3. The molecule has 0 spiro atoms. The molecular weight excluding hydrogens is 418 g/mol. The number of rotatable bonds is 7. The van der Waals surface area contributed by atoms with Gasteiger partial charge in [-0.25, -0.2) is 9.79 Å². The van der Waals surface area contributed by atoms with Crippen LogP contribution in [0.3, 0.4) is 0 Å². The van der Waals surface area contributed by atoms with Gasteiger partial charge in [0.15, 0.2) is 0 Å². The summed E-state index contributed by atoms with van der Waals surface area (Å²) in [5.41, 5.74) is 1.28. The second-order valence-corrected chi connectivity index (χ2v) is 7.32. The molecule has 162 valence electrons. The Balaban J connectivity index is 2.09. The molecule has 2 aromatic rings. The van der Waals surface area contributed by atoms with Crippen molar-refractivity contribution in [1.29, 1.82) is 0 Å². The van der Waals surface area contributed by atoms with E-state index in [1.165, 1.54) is 11.8 Å². The van der Waals surface area contributed by atoms with E-state index >= 15 is 0 Å². The van der Waals surface area contributed by atoms with Gasteiger partial charge in [-0.05, 0) is 42.8 Å². The summed E-state index contributed by atoms with van der Waals surface area (Å²) in [6, 6.07) is 12.5. The van der Waals surface area contributed by atoms with E-state index in [1.807, 2.05) is 12.1 Å². The van der Waals surface area contributed by atoms with Crippen LogP contribution in [-0.4, -0.2) is 44.1 Å². The molecule has 1 aliphatic heterocycles. The molecule has 0 saturated heterocycles. The molecule has 2 aromatic carbocycles. The fourth-order valence-electron chi connectivity index (χ4n) is 2.89. The molecule has 0 bridgehead atoms. The van der Waals surface area contributed by atoms with Crippen molar-refractivity contribution >= 4 is 34.5 Å². The quantitative estimate of drug-likeness (QED) is 0.611. The Kier molecular flexibility index (Phi) is 7.25. The Morgan fingerprint density at radius 1 is 1.06 bits per heavy atom. The number of ether oxygens (including phenoxy) is 4. The van der Waals surface area contributed by atoms with Gasteiger partial charge in [0, 0.05) is 6.07 Å². The Morgan fingerprint density at radius 3 is 2.35 bits per heavy atom. The number of aliphatic hydroxyl groups is 1. The van der Waals surface area contributed by atoms with Crippen LogP contribution in [0.2, 0.25) is 0 Å². The number of nitrogens with zero attached hydrogens (tertiary/aromatic N) is 1. The molecule has 31 heavy (non-hydrogen) atoms. The van der Waals surface area contributed by atoms with Crippen LogP contribution in [0.15, 0.2) is 63.7 Å². The summed E-state index contributed by atoms with van der Waals surface area (Å²) in [6.07, 6.45) is 1.73. The zero-order valence-corrected chi connectivity index (χ0v) is 18.5. The van der Waals surface area contributed by atoms with Gasteiger partial charge in [-0.3, -0.25) is 0 Å². The van der Waals surface area contributed by atoms with Crippen molar-refractivity contribution in [2.45, 2.75) is 6.92 Å². The van der Waals surface area contributed by atoms with Gasteiger partial charge >= 0.3 is 5.97 Å². The van der Waals surface area contributed by atoms with Crippen molar-refractivity contribution in [3.63, 3.8) is 0 Å². The Hall–Kier alpha value is -3.39. The number of esters is 1. The molecule has 0 unspecified atom stereocenters. The van der Waals surface area contributed by atoms with E-state index in [1.54, 1.807) is 64.7 Å². The summed E-state index contributed by atoms with van der Waals surface area (Å²) >= 11 is 1.17. The topological polar surface area (TPSA) is 86.6 Å². The van der Waals surface area contributed by atoms with Gasteiger partial charge in [-0.2, -0.15) is 0 Å². The number of carbonyl (C=O) groups is 1. The molecule has 1 aliphatic rings. The Bertz CT molecular complexity index is 1050. The zero-order chi connectivity index (χ0) is 22.4. The lowest BCUT2D eigenvalue weighted by atomic mass is 10.1. The van der Waals surface area contributed by atoms with Crippen LogP contribution in [-0.2, 0) is 9.53 Å². The number of carbonyl (C=O) groups excluding carboxylic acids is 1. The molecular formula is C23H23NO6S. The van der Waals surface area contributed by atoms with E-state index < -0.39 is 5.97 Å². The van der Waals surface area contributed by atoms with E-state index in [9.17, 15) is 9.90 Å². The molecule has 0 saturated carbocycles. The van der Waals surface area contributed by atoms with Crippen LogP contribution in [0, 0.1) is 0 Å². The Morgan fingerprint density at radius 2 is 1.74 bits per heavy atom. The number of hydrogen-bond acceptors (Lipinski definition) is 8. The number of para-hydroxylation sites is 2. The van der Waals surface area contributed by atoms with Crippen molar-refractivity contribution < 1.29 is 28.8 Å². The number of aliphatic hydroxyl groups excluding tert-OH is 1. The largest absolute Gasteiger partial charge is 0.506 e. The van der Waals surface area contributed by atoms with Crippen molar-refractivity contribution in [2.24, 2.45) is 4.99 Å². The lowest BCUT2D eigenvalue weighted by molar-refractivity contribution is -0.138. The van der Waals surface area contributed by atoms with Crippen molar-refractivity contribution in [2.75, 3.05) is 27.9 Å². The molecule has 7 nitrogen and oxygen atoms in total. The second kappa shape index (κ2) is 10.1. The third-order valence-corrected chi connectivity index (χ3v) is 5.37. The highest BCUT2D eigenvalue weighted by molar-refractivity contribution is 8.18. The van der Waals surface area contributed by atoms with E-state index in [-0.39, 0.29) is 17.9 Å². The molecule has 1 N–H and O–H groups in total. The predicted octanol–water partition coefficient (Wildman–Crippen LogP) is 4.91. The minimum absolute atomic E-state index is 0.0128. The van der Waals surface area contributed by atoms with Crippen molar-refractivity contribution in [3.8, 4) is 17.2 Å². The number of methoxy groups -OCH3 is 3. The fourth-order valence-corrected chi connectivity index (χ4v) is 3.92. The van der Waals surface area contributed by atoms with E-state index in [0.29, 0.717) is 32.9 Å². The smallest absolute Gasteiger partial charge is 0.344 e. The Labute approximate surface area is 185 Å². The highest BCUT2D eigenvalue weighted by Crippen LogP contribution is 2.41. The zero-order valence-electron chi connectivity index (χ0n) is 17.7. The van der Waals surface area contributed by atoms with E-state index in [0.717, 1.165) is 5.56 Å². The summed E-state index contributed by atoms with van der Waals surface area (Å²) in [5, 5.41) is 11.2. The average Bonchev–Trinajstić information content (AvgIpc) is 3.08. The standard InChI is InChI=1S/C23H23NO6S/c1-5-30-23(26)20-21(25)19(12-14-10-15(27-2)13-16(11-14)28-3)31-22(20)24-17-8-6-7-9-18(17)29-4/h6-13,25H,5H2,1-4H3. The van der Waals surface area contributed by atoms with Gasteiger partial charge in [0.25, 0.3) is 0 Å². The van der Waals surface area contributed by atoms with Crippen molar-refractivity contribution in [1.82, 2.24) is 0 Å². The normalized spacial score (nSPS) is 16.0. The maximum absolute atomic E-state index is 12.6. The monoisotopic (exact) mass is 441 g/mol. The predicted molar refractivity (Wildman–Crippen MR) is 121 cm³/mol. The van der Waals surface area contributed by atoms with Gasteiger partial charge in [0.05, 0.1) is 32.8 Å². The number of hydrogen-bond donors (Lipinski definition) is 1. The SMILES string of the molecule is CCOC(=O)C1=C(O)C(=Cc2cc(OC)cc(OC)c2)SC1=Nc1ccccc1OC. The van der Waals surface area contributed by atoms with Gasteiger partial charge < -0.3 is 24.1 Å². The van der Waals surface area contributed by atoms with Crippen LogP contribution in [0.5, 0.6) is 17.2 Å². The van der Waals surface area contributed by atoms with Crippen LogP contribution in [0.1, 0.15) is 12.5 Å². The molecule has 0 aliphatic carbocycles. The minimum Gasteiger partial charge on any atom is -0.506 e. The number of benzene rings is 2. The van der Waals surface area contributed by atoms with E-state index in [2.05, 4.69) is 4.99 Å². The maximum Gasteiger partial charge on any atom is 0.344 e. The van der Waals surface area contributed by atoms with Crippen LogP contribution in [0.25, 0.3) is 6.08 Å². The summed E-state index contributed by atoms with van der Waals surface area (Å²) in [6.45, 7) is 1.88. The van der Waals surface area contributed by atoms with Crippen LogP contribution in [0.4, 0.5) is 5.69 Å². The number of thioether (sulfide) groups is 1. The summed E-state index contributed by atoms with van der Waals surface area (Å²) in [7, 11) is 4.66. The lowest BCUT2D eigenvalue weighted by Gasteiger charge is -2.07. The molecule has 8 heteroatoms. The first-order valence-electron chi connectivity index (χ1n) is 9.46. The lowest BCUT2D eigenvalue weighted by Crippen LogP contribution is -2.12. The summed E-state index contributed by atoms with van der Waals surface area (Å²) in [5.74, 6) is 0.914. The minimum atomic E-state index is -0.646. The molecule has 0 atom stereocenters. The second-order valence-electron chi connectivity index (χ2n) is 6.29. The van der Waals surface area contributed by atoms with Gasteiger partial charge in [-0.15, -0.1) is 0 Å². The highest BCUT2D eigenvalue weighted by Gasteiger charge is 2.33. The molecule has 0 aromatic heterocycles. The van der Waals surface area contributed by atoms with Crippen LogP contribution >= 0.6 is 11.8 Å². The van der Waals surface area contributed by atoms with Crippen molar-refractivity contribution in [3.05, 3.63) is 64.3 Å². The highest BCUT2D eigenvalue weighted by atomic mass is 32.2. The molecule has 0 amide bonds. The van der Waals surface area contributed by atoms with Gasteiger partial charge in [0.2, 0.25) is 0 Å². The third kappa shape index (κ3) is 5.03. The van der Waals surface area contributed by atoms with Crippen LogP contribution < -0.4 is 14.2 Å². The molecule has 3 rings (SSSR count). The molecule has 1 heterocycles. The first-order valence-corrected chi connectivity index (χ1v) is 10.3.